The van der Waals surface area contributed by atoms with E-state index in [0.29, 0.717) is 12.2 Å². The number of carbonyl (C=O) groups is 2. The number of hydrogen-bond donors (Lipinski definition) is 0. The van der Waals surface area contributed by atoms with Gasteiger partial charge < -0.3 is 14.4 Å². The zero-order valence-electron chi connectivity index (χ0n) is 16.3. The van der Waals surface area contributed by atoms with Crippen LogP contribution in [0.3, 0.4) is 0 Å². The molecular weight excluding hydrogens is 342 g/mol. The summed E-state index contributed by atoms with van der Waals surface area (Å²) in [6.45, 7) is 7.92. The van der Waals surface area contributed by atoms with Gasteiger partial charge in [-0.2, -0.15) is 0 Å². The van der Waals surface area contributed by atoms with Crippen molar-refractivity contribution in [3.05, 3.63) is 65.7 Å². The van der Waals surface area contributed by atoms with Gasteiger partial charge in [-0.05, 0) is 57.5 Å². The fourth-order valence-electron chi connectivity index (χ4n) is 2.88. The third kappa shape index (κ3) is 6.13. The van der Waals surface area contributed by atoms with Crippen LogP contribution >= 0.6 is 0 Å². The molecule has 0 aliphatic rings. The number of ether oxygens (including phenoxy) is 2. The molecule has 27 heavy (non-hydrogen) atoms. The van der Waals surface area contributed by atoms with Crippen LogP contribution in [0.25, 0.3) is 0 Å². The van der Waals surface area contributed by atoms with E-state index in [1.54, 1.807) is 17.0 Å². The molecule has 2 rings (SSSR count). The second-order valence-electron chi connectivity index (χ2n) is 6.86. The van der Waals surface area contributed by atoms with E-state index >= 15 is 0 Å². The maximum absolute atomic E-state index is 12.3. The summed E-state index contributed by atoms with van der Waals surface area (Å²) in [6.07, 6.45) is 0. The summed E-state index contributed by atoms with van der Waals surface area (Å²) < 4.78 is 10.9. The van der Waals surface area contributed by atoms with Gasteiger partial charge in [0.1, 0.15) is 12.4 Å². The highest BCUT2D eigenvalue weighted by molar-refractivity contribution is 5.91. The summed E-state index contributed by atoms with van der Waals surface area (Å²) in [5.41, 5.74) is 1.35. The number of benzene rings is 2. The van der Waals surface area contributed by atoms with E-state index in [1.807, 2.05) is 70.2 Å². The Labute approximate surface area is 160 Å². The molecule has 0 radical (unpaired) electrons. The highest BCUT2D eigenvalue weighted by Gasteiger charge is 2.21. The molecule has 0 bridgehead atoms. The van der Waals surface area contributed by atoms with Crippen LogP contribution < -0.4 is 4.74 Å². The second-order valence-corrected chi connectivity index (χ2v) is 6.86. The molecule has 1 amide bonds. The Morgan fingerprint density at radius 1 is 0.889 bits per heavy atom. The number of nitrogens with zero attached hydrogens (tertiary/aromatic N) is 1. The smallest absolute Gasteiger partial charge is 0.338 e. The largest absolute Gasteiger partial charge is 0.489 e. The number of carbonyl (C=O) groups excluding carboxylic acids is 2. The van der Waals surface area contributed by atoms with Gasteiger partial charge in [0.25, 0.3) is 5.91 Å². The Morgan fingerprint density at radius 3 is 2.04 bits per heavy atom. The van der Waals surface area contributed by atoms with E-state index in [0.717, 1.165) is 11.3 Å². The van der Waals surface area contributed by atoms with Crippen LogP contribution in [0.15, 0.2) is 54.6 Å². The summed E-state index contributed by atoms with van der Waals surface area (Å²) in [6, 6.07) is 16.6. The molecule has 5 nitrogen and oxygen atoms in total. The van der Waals surface area contributed by atoms with Gasteiger partial charge in [0, 0.05) is 12.1 Å². The molecule has 0 atom stereocenters. The van der Waals surface area contributed by atoms with Gasteiger partial charge in [0.05, 0.1) is 5.56 Å². The van der Waals surface area contributed by atoms with Gasteiger partial charge in [-0.25, -0.2) is 4.79 Å². The first-order valence-electron chi connectivity index (χ1n) is 9.13. The van der Waals surface area contributed by atoms with E-state index in [9.17, 15) is 9.59 Å². The number of esters is 1. The van der Waals surface area contributed by atoms with Crippen molar-refractivity contribution in [3.8, 4) is 5.75 Å². The maximum Gasteiger partial charge on any atom is 0.338 e. The lowest BCUT2D eigenvalue weighted by atomic mass is 10.1. The first-order valence-corrected chi connectivity index (χ1v) is 9.13. The van der Waals surface area contributed by atoms with Crippen LogP contribution in [0.1, 0.15) is 43.6 Å². The van der Waals surface area contributed by atoms with Gasteiger partial charge >= 0.3 is 5.97 Å². The molecule has 144 valence electrons. The number of hydrogen-bond acceptors (Lipinski definition) is 4. The molecule has 0 aliphatic heterocycles. The van der Waals surface area contributed by atoms with Crippen LogP contribution in [-0.4, -0.2) is 35.5 Å². The Kier molecular flexibility index (Phi) is 7.41. The lowest BCUT2D eigenvalue weighted by Gasteiger charge is -2.30. The van der Waals surface area contributed by atoms with Gasteiger partial charge in [-0.3, -0.25) is 4.79 Å². The molecule has 2 aromatic carbocycles. The topological polar surface area (TPSA) is 55.8 Å². The lowest BCUT2D eigenvalue weighted by Crippen LogP contribution is -2.44. The van der Waals surface area contributed by atoms with Crippen molar-refractivity contribution in [1.82, 2.24) is 4.90 Å². The molecule has 0 aromatic heterocycles. The minimum atomic E-state index is -0.508. The summed E-state index contributed by atoms with van der Waals surface area (Å²) >= 11 is 0. The molecule has 0 N–H and O–H groups in total. The summed E-state index contributed by atoms with van der Waals surface area (Å²) in [5, 5.41) is 0. The number of rotatable bonds is 8. The van der Waals surface area contributed by atoms with E-state index in [1.165, 1.54) is 0 Å². The van der Waals surface area contributed by atoms with Gasteiger partial charge in [-0.15, -0.1) is 0 Å². The minimum Gasteiger partial charge on any atom is -0.489 e. The van der Waals surface area contributed by atoms with Crippen molar-refractivity contribution in [2.24, 2.45) is 0 Å². The predicted molar refractivity (Wildman–Crippen MR) is 105 cm³/mol. The van der Waals surface area contributed by atoms with Crippen LogP contribution in [-0.2, 0) is 16.1 Å². The average molecular weight is 369 g/mol. The van der Waals surface area contributed by atoms with Crippen LogP contribution in [0.4, 0.5) is 0 Å². The lowest BCUT2D eigenvalue weighted by molar-refractivity contribution is -0.138. The Bertz CT molecular complexity index is 731. The Morgan fingerprint density at radius 2 is 1.48 bits per heavy atom. The Balaban J connectivity index is 1.87. The first-order chi connectivity index (χ1) is 12.9. The molecule has 0 fully saturated rings. The predicted octanol–water partition coefficient (Wildman–Crippen LogP) is 4.07. The normalized spacial score (nSPS) is 10.7. The van der Waals surface area contributed by atoms with Crippen LogP contribution in [0.2, 0.25) is 0 Å². The van der Waals surface area contributed by atoms with E-state index in [-0.39, 0.29) is 24.6 Å². The van der Waals surface area contributed by atoms with Crippen molar-refractivity contribution < 1.29 is 19.1 Å². The molecule has 0 spiro atoms. The van der Waals surface area contributed by atoms with Crippen LogP contribution in [0.5, 0.6) is 5.75 Å². The van der Waals surface area contributed by atoms with Crippen molar-refractivity contribution in [1.29, 1.82) is 0 Å². The van der Waals surface area contributed by atoms with E-state index in [2.05, 4.69) is 0 Å². The number of amides is 1. The highest BCUT2D eigenvalue weighted by atomic mass is 16.5. The zero-order chi connectivity index (χ0) is 19.8. The van der Waals surface area contributed by atoms with Gasteiger partial charge in [0.2, 0.25) is 0 Å². The van der Waals surface area contributed by atoms with E-state index in [4.69, 9.17) is 9.47 Å². The van der Waals surface area contributed by atoms with Crippen molar-refractivity contribution in [3.63, 3.8) is 0 Å². The fraction of sp³-hybridized carbons (Fsp3) is 0.364. The summed E-state index contributed by atoms with van der Waals surface area (Å²) in [7, 11) is 0. The second kappa shape index (κ2) is 9.76. The quantitative estimate of drug-likeness (QED) is 0.658. The van der Waals surface area contributed by atoms with E-state index < -0.39 is 5.97 Å². The minimum absolute atomic E-state index is 0.0556. The molecule has 0 aliphatic carbocycles. The first kappa shape index (κ1) is 20.5. The van der Waals surface area contributed by atoms with Crippen molar-refractivity contribution >= 4 is 11.9 Å². The number of para-hydroxylation sites is 1. The molecule has 0 saturated heterocycles. The van der Waals surface area contributed by atoms with Crippen molar-refractivity contribution in [2.45, 2.75) is 46.4 Å². The average Bonchev–Trinajstić information content (AvgIpc) is 2.65. The fourth-order valence-corrected chi connectivity index (χ4v) is 2.88. The maximum atomic E-state index is 12.3. The molecule has 0 unspecified atom stereocenters. The SMILES string of the molecule is CC(C)N(C(=O)COC(=O)c1ccc(COc2ccccc2)cc1)C(C)C. The third-order valence-electron chi connectivity index (χ3n) is 4.07. The Hall–Kier alpha value is -2.82. The monoisotopic (exact) mass is 369 g/mol. The third-order valence-corrected chi connectivity index (χ3v) is 4.07. The highest BCUT2D eigenvalue weighted by Crippen LogP contribution is 2.13. The standard InChI is InChI=1S/C22H27NO4/c1-16(2)23(17(3)4)21(24)15-27-22(25)19-12-10-18(11-13-19)14-26-20-8-6-5-7-9-20/h5-13,16-17H,14-15H2,1-4H3. The molecule has 2 aromatic rings. The summed E-state index contributed by atoms with van der Waals surface area (Å²) in [4.78, 5) is 26.2. The van der Waals surface area contributed by atoms with Crippen LogP contribution in [0, 0.1) is 0 Å². The molecule has 5 heteroatoms. The van der Waals surface area contributed by atoms with Gasteiger partial charge in [-0.1, -0.05) is 30.3 Å². The van der Waals surface area contributed by atoms with Crippen molar-refractivity contribution in [2.75, 3.05) is 6.61 Å². The zero-order valence-corrected chi connectivity index (χ0v) is 16.3. The summed E-state index contributed by atoms with van der Waals surface area (Å²) in [5.74, 6) is 0.0897. The molecule has 0 heterocycles. The molecule has 0 saturated carbocycles. The molecular formula is C22H27NO4. The van der Waals surface area contributed by atoms with Gasteiger partial charge in [0.15, 0.2) is 6.61 Å².